The van der Waals surface area contributed by atoms with Gasteiger partial charge < -0.3 is 15.0 Å². The minimum absolute atomic E-state index is 0.0608. The van der Waals surface area contributed by atoms with Gasteiger partial charge in [0.1, 0.15) is 17.4 Å². The Morgan fingerprint density at radius 2 is 1.93 bits per heavy atom. The third-order valence-corrected chi connectivity index (χ3v) is 5.34. The van der Waals surface area contributed by atoms with Crippen molar-refractivity contribution in [1.29, 1.82) is 5.26 Å². The number of ether oxygens (including phenoxy) is 1. The van der Waals surface area contributed by atoms with Crippen LogP contribution in [0.5, 0.6) is 5.75 Å². The van der Waals surface area contributed by atoms with Crippen LogP contribution in [0.4, 0.5) is 5.69 Å². The molecule has 0 unspecified atom stereocenters. The van der Waals surface area contributed by atoms with Crippen LogP contribution < -0.4 is 15.6 Å². The highest BCUT2D eigenvalue weighted by Gasteiger charge is 2.20. The molecular weight excluding hydrogens is 400 g/mol. The van der Waals surface area contributed by atoms with Gasteiger partial charge in [0.25, 0.3) is 5.56 Å². The van der Waals surface area contributed by atoms with Gasteiger partial charge in [-0.3, -0.25) is 9.59 Å². The summed E-state index contributed by atoms with van der Waals surface area (Å²) in [5.41, 5.74) is 1.96. The number of amides is 1. The van der Waals surface area contributed by atoms with E-state index >= 15 is 0 Å². The topological polar surface area (TPSA) is 108 Å². The number of H-pyrrole nitrogens is 1. The summed E-state index contributed by atoms with van der Waals surface area (Å²) in [6.07, 6.45) is 0. The third kappa shape index (κ3) is 4.70. The molecule has 0 aliphatic rings. The van der Waals surface area contributed by atoms with Crippen molar-refractivity contribution in [3.05, 3.63) is 70.0 Å². The Bertz CT molecular complexity index is 1170. The van der Waals surface area contributed by atoms with Gasteiger partial charge in [-0.25, -0.2) is 4.98 Å². The number of hydrogen-bond acceptors (Lipinski definition) is 6. The number of methoxy groups -OCH3 is 1. The largest absolute Gasteiger partial charge is 0.495 e. The van der Waals surface area contributed by atoms with Gasteiger partial charge in [0.05, 0.1) is 23.7 Å². The lowest BCUT2D eigenvalue weighted by Gasteiger charge is -2.14. The van der Waals surface area contributed by atoms with Crippen LogP contribution in [0.25, 0.3) is 11.3 Å². The van der Waals surface area contributed by atoms with Crippen molar-refractivity contribution in [2.24, 2.45) is 0 Å². The van der Waals surface area contributed by atoms with E-state index in [1.807, 2.05) is 43.3 Å². The SMILES string of the molecule is COc1ccccc1NC(=O)[C@@H](C)Sc1nc(-c2ccc(C)cc2)c(C#N)c(=O)[nH]1. The number of aryl methyl sites for hydroxylation is 1. The predicted molar refractivity (Wildman–Crippen MR) is 117 cm³/mol. The van der Waals surface area contributed by atoms with Crippen LogP contribution in [0.1, 0.15) is 18.1 Å². The molecule has 1 amide bonds. The fraction of sp³-hybridized carbons (Fsp3) is 0.182. The molecule has 0 saturated heterocycles. The maximum absolute atomic E-state index is 12.6. The molecule has 0 aliphatic carbocycles. The van der Waals surface area contributed by atoms with Crippen LogP contribution >= 0.6 is 11.8 Å². The number of rotatable bonds is 6. The number of aromatic nitrogens is 2. The van der Waals surface area contributed by atoms with Crippen LogP contribution in [-0.2, 0) is 4.79 Å². The second-order valence-corrected chi connectivity index (χ2v) is 7.85. The highest BCUT2D eigenvalue weighted by molar-refractivity contribution is 8.00. The number of benzene rings is 2. The van der Waals surface area contributed by atoms with Gasteiger partial charge in [0.2, 0.25) is 5.91 Å². The molecule has 152 valence electrons. The average molecular weight is 420 g/mol. The predicted octanol–water partition coefficient (Wildman–Crippen LogP) is 3.74. The van der Waals surface area contributed by atoms with E-state index in [1.54, 1.807) is 25.1 Å². The first-order chi connectivity index (χ1) is 14.4. The number of carbonyl (C=O) groups is 1. The molecule has 2 N–H and O–H groups in total. The number of para-hydroxylation sites is 2. The average Bonchev–Trinajstić information content (AvgIpc) is 2.74. The van der Waals surface area contributed by atoms with Gasteiger partial charge in [-0.2, -0.15) is 5.26 Å². The summed E-state index contributed by atoms with van der Waals surface area (Å²) in [5, 5.41) is 11.9. The molecule has 1 atom stereocenters. The normalized spacial score (nSPS) is 11.4. The Hall–Kier alpha value is -3.57. The van der Waals surface area contributed by atoms with Crippen LogP contribution in [0.3, 0.4) is 0 Å². The van der Waals surface area contributed by atoms with E-state index in [4.69, 9.17) is 4.74 Å². The molecule has 0 radical (unpaired) electrons. The highest BCUT2D eigenvalue weighted by Crippen LogP contribution is 2.27. The molecule has 0 saturated carbocycles. The zero-order valence-electron chi connectivity index (χ0n) is 16.7. The number of thioether (sulfide) groups is 1. The monoisotopic (exact) mass is 420 g/mol. The zero-order valence-corrected chi connectivity index (χ0v) is 17.5. The number of nitrogens with one attached hydrogen (secondary N) is 2. The van der Waals surface area contributed by atoms with Crippen LogP contribution in [0.2, 0.25) is 0 Å². The second kappa shape index (κ2) is 9.29. The molecule has 0 spiro atoms. The van der Waals surface area contributed by atoms with Crippen molar-refractivity contribution >= 4 is 23.4 Å². The van der Waals surface area contributed by atoms with Crippen LogP contribution in [0.15, 0.2) is 58.5 Å². The molecule has 1 aromatic heterocycles. The fourth-order valence-corrected chi connectivity index (χ4v) is 3.53. The lowest BCUT2D eigenvalue weighted by atomic mass is 10.1. The minimum Gasteiger partial charge on any atom is -0.495 e. The van der Waals surface area contributed by atoms with E-state index in [0.717, 1.165) is 17.3 Å². The molecular formula is C22H20N4O3S. The number of anilines is 1. The maximum Gasteiger partial charge on any atom is 0.270 e. The summed E-state index contributed by atoms with van der Waals surface area (Å²) in [6, 6.07) is 16.4. The van der Waals surface area contributed by atoms with Crippen molar-refractivity contribution in [2.45, 2.75) is 24.3 Å². The summed E-state index contributed by atoms with van der Waals surface area (Å²) in [5.74, 6) is 0.281. The van der Waals surface area contributed by atoms with E-state index in [-0.39, 0.29) is 16.6 Å². The number of nitriles is 1. The Labute approximate surface area is 178 Å². The molecule has 30 heavy (non-hydrogen) atoms. The van der Waals surface area contributed by atoms with Crippen LogP contribution in [0, 0.1) is 18.3 Å². The van der Waals surface area contributed by atoms with E-state index in [9.17, 15) is 14.9 Å². The van der Waals surface area contributed by atoms with Gasteiger partial charge >= 0.3 is 0 Å². The molecule has 0 aliphatic heterocycles. The molecule has 2 aromatic carbocycles. The Morgan fingerprint density at radius 1 is 1.23 bits per heavy atom. The van der Waals surface area contributed by atoms with E-state index in [0.29, 0.717) is 22.7 Å². The summed E-state index contributed by atoms with van der Waals surface area (Å²) in [4.78, 5) is 32.1. The lowest BCUT2D eigenvalue weighted by molar-refractivity contribution is -0.115. The highest BCUT2D eigenvalue weighted by atomic mass is 32.2. The van der Waals surface area contributed by atoms with Crippen molar-refractivity contribution in [3.63, 3.8) is 0 Å². The van der Waals surface area contributed by atoms with Gasteiger partial charge in [-0.1, -0.05) is 53.7 Å². The maximum atomic E-state index is 12.6. The zero-order chi connectivity index (χ0) is 21.7. The third-order valence-electron chi connectivity index (χ3n) is 4.36. The molecule has 3 aromatic rings. The van der Waals surface area contributed by atoms with E-state index in [2.05, 4.69) is 15.3 Å². The van der Waals surface area contributed by atoms with Crippen molar-refractivity contribution in [3.8, 4) is 23.1 Å². The second-order valence-electron chi connectivity index (χ2n) is 6.52. The van der Waals surface area contributed by atoms with Gasteiger partial charge in [0.15, 0.2) is 5.16 Å². The standard InChI is InChI=1S/C22H20N4O3S/c1-13-8-10-15(11-9-13)19-16(12-23)21(28)26-22(25-19)30-14(2)20(27)24-17-6-4-5-7-18(17)29-3/h4-11,14H,1-3H3,(H,24,27)(H,25,26,28)/t14-/m1/s1. The van der Waals surface area contributed by atoms with Gasteiger partial charge in [-0.05, 0) is 26.0 Å². The van der Waals surface area contributed by atoms with Crippen molar-refractivity contribution < 1.29 is 9.53 Å². The molecule has 1 heterocycles. The van der Waals surface area contributed by atoms with Crippen LogP contribution in [-0.4, -0.2) is 28.2 Å². The minimum atomic E-state index is -0.558. The van der Waals surface area contributed by atoms with E-state index < -0.39 is 10.8 Å². The Morgan fingerprint density at radius 3 is 2.60 bits per heavy atom. The first-order valence-electron chi connectivity index (χ1n) is 9.15. The first kappa shape index (κ1) is 21.1. The number of carbonyl (C=O) groups excluding carboxylic acids is 1. The van der Waals surface area contributed by atoms with Gasteiger partial charge in [0, 0.05) is 5.56 Å². The number of hydrogen-bond donors (Lipinski definition) is 2. The van der Waals surface area contributed by atoms with E-state index in [1.165, 1.54) is 7.11 Å². The Kier molecular flexibility index (Phi) is 6.54. The van der Waals surface area contributed by atoms with Gasteiger partial charge in [-0.15, -0.1) is 0 Å². The summed E-state index contributed by atoms with van der Waals surface area (Å²) in [6.45, 7) is 3.66. The summed E-state index contributed by atoms with van der Waals surface area (Å²) < 4.78 is 5.25. The Balaban J connectivity index is 1.85. The van der Waals surface area contributed by atoms with Crippen molar-refractivity contribution in [2.75, 3.05) is 12.4 Å². The quantitative estimate of drug-likeness (QED) is 0.465. The molecule has 7 nitrogen and oxygen atoms in total. The van der Waals surface area contributed by atoms with Crippen molar-refractivity contribution in [1.82, 2.24) is 9.97 Å². The first-order valence-corrected chi connectivity index (χ1v) is 10.0. The lowest BCUT2D eigenvalue weighted by Crippen LogP contribution is -2.24. The molecule has 0 fully saturated rings. The fourth-order valence-electron chi connectivity index (χ4n) is 2.74. The smallest absolute Gasteiger partial charge is 0.270 e. The summed E-state index contributed by atoms with van der Waals surface area (Å²) in [7, 11) is 1.53. The number of nitrogens with zero attached hydrogens (tertiary/aromatic N) is 2. The number of aromatic amines is 1. The molecule has 3 rings (SSSR count). The molecule has 8 heteroatoms. The summed E-state index contributed by atoms with van der Waals surface area (Å²) >= 11 is 1.10. The molecule has 0 bridgehead atoms.